The Bertz CT molecular complexity index is 1070. The molecule has 0 bridgehead atoms. The predicted octanol–water partition coefficient (Wildman–Crippen LogP) is 7.28. The Balaban J connectivity index is 1.63. The monoisotopic (exact) mass is 604 g/mol. The van der Waals surface area contributed by atoms with Crippen molar-refractivity contribution in [3.8, 4) is 0 Å². The van der Waals surface area contributed by atoms with Crippen molar-refractivity contribution in [1.29, 1.82) is 0 Å². The Morgan fingerprint density at radius 1 is 1.07 bits per heavy atom. The van der Waals surface area contributed by atoms with E-state index in [0.29, 0.717) is 38.7 Å². The largest absolute Gasteiger partial charge is 0.462 e. The average Bonchev–Trinajstić information content (AvgIpc) is 3.30. The first-order valence-electron chi connectivity index (χ1n) is 15.6. The van der Waals surface area contributed by atoms with Crippen molar-refractivity contribution in [1.82, 2.24) is 0 Å². The molecular formula is C34H46F2O7. The second-order valence-electron chi connectivity index (χ2n) is 11.4. The quantitative estimate of drug-likeness (QED) is 0.0799. The minimum absolute atomic E-state index is 0.242. The number of hydrogen-bond donors (Lipinski definition) is 0. The van der Waals surface area contributed by atoms with Gasteiger partial charge in [-0.15, -0.1) is 0 Å². The molecule has 238 valence electrons. The molecule has 0 spiro atoms. The number of ether oxygens (including phenoxy) is 4. The maximum atomic E-state index is 14.4. The van der Waals surface area contributed by atoms with Crippen LogP contribution >= 0.6 is 0 Å². The van der Waals surface area contributed by atoms with Crippen molar-refractivity contribution in [2.24, 2.45) is 11.8 Å². The zero-order chi connectivity index (χ0) is 31.1. The molecular weight excluding hydrogens is 558 g/mol. The van der Waals surface area contributed by atoms with Gasteiger partial charge in [0.15, 0.2) is 6.29 Å². The molecule has 1 saturated carbocycles. The summed E-state index contributed by atoms with van der Waals surface area (Å²) in [6.45, 7) is 3.96. The average molecular weight is 605 g/mol. The van der Waals surface area contributed by atoms with Gasteiger partial charge in [0.2, 0.25) is 5.78 Å². The number of esters is 2. The normalized spacial score (nSPS) is 24.4. The zero-order valence-corrected chi connectivity index (χ0v) is 25.4. The molecule has 2 fully saturated rings. The third-order valence-corrected chi connectivity index (χ3v) is 7.89. The maximum absolute atomic E-state index is 14.4. The number of unbranched alkanes of at least 4 members (excludes halogenated alkanes) is 2. The van der Waals surface area contributed by atoms with Crippen molar-refractivity contribution in [2.45, 2.75) is 116 Å². The van der Waals surface area contributed by atoms with Crippen LogP contribution in [0.1, 0.15) is 90.0 Å². The number of hydrogen-bond acceptors (Lipinski definition) is 7. The first kappa shape index (κ1) is 34.6. The van der Waals surface area contributed by atoms with Crippen LogP contribution in [0.4, 0.5) is 8.78 Å². The Kier molecular flexibility index (Phi) is 14.5. The number of halogens is 2. The van der Waals surface area contributed by atoms with Gasteiger partial charge in [0, 0.05) is 44.6 Å². The van der Waals surface area contributed by atoms with Crippen LogP contribution in [0.2, 0.25) is 0 Å². The molecule has 1 aromatic carbocycles. The molecule has 1 unspecified atom stereocenters. The molecule has 1 heterocycles. The Hall–Kier alpha value is -2.91. The molecule has 1 aromatic rings. The van der Waals surface area contributed by atoms with E-state index in [-0.39, 0.29) is 31.3 Å². The van der Waals surface area contributed by atoms with Crippen LogP contribution < -0.4 is 0 Å². The van der Waals surface area contributed by atoms with E-state index in [1.54, 1.807) is 6.92 Å². The molecule has 2 aliphatic rings. The van der Waals surface area contributed by atoms with Gasteiger partial charge < -0.3 is 18.9 Å². The highest BCUT2D eigenvalue weighted by atomic mass is 19.3. The van der Waals surface area contributed by atoms with E-state index in [9.17, 15) is 23.2 Å². The van der Waals surface area contributed by atoms with Crippen molar-refractivity contribution in [3.05, 3.63) is 60.2 Å². The first-order chi connectivity index (χ1) is 20.7. The summed E-state index contributed by atoms with van der Waals surface area (Å²) >= 11 is 0. The highest BCUT2D eigenvalue weighted by Gasteiger charge is 2.45. The summed E-state index contributed by atoms with van der Waals surface area (Å²) in [6.07, 6.45) is 10.4. The third kappa shape index (κ3) is 11.9. The van der Waals surface area contributed by atoms with Crippen LogP contribution in [0.5, 0.6) is 0 Å². The van der Waals surface area contributed by atoms with Gasteiger partial charge in [0.05, 0.1) is 6.10 Å². The fourth-order valence-corrected chi connectivity index (χ4v) is 5.56. The van der Waals surface area contributed by atoms with E-state index >= 15 is 0 Å². The number of allylic oxidation sites excluding steroid dienone is 3. The predicted molar refractivity (Wildman–Crippen MR) is 158 cm³/mol. The highest BCUT2D eigenvalue weighted by molar-refractivity contribution is 5.95. The lowest BCUT2D eigenvalue weighted by Gasteiger charge is -2.29. The molecule has 1 aliphatic carbocycles. The van der Waals surface area contributed by atoms with E-state index in [4.69, 9.17) is 18.9 Å². The minimum atomic E-state index is -3.43. The standard InChI is InChI=1S/C34H46F2O7/c1-3-4-21-34(35,36)31(38)20-19-28-27(29(42-25(2)37)23-30(28)43-33-18-12-13-22-40-33)16-10-5-6-11-17-32(39)41-24-26-14-8-7-9-15-26/h5,7-10,14-15,19-20,27-30,33H,3-4,6,11-13,16-18,21-24H2,1-2H3/b10-5-,20-19+/t27-,28-,29+,30-,33?/m1/s1. The van der Waals surface area contributed by atoms with Crippen LogP contribution in [0, 0.1) is 11.8 Å². The number of benzene rings is 1. The summed E-state index contributed by atoms with van der Waals surface area (Å²) in [5.74, 6) is -6.07. The molecule has 9 heteroatoms. The number of carbonyl (C=O) groups excluding carboxylic acids is 3. The fourth-order valence-electron chi connectivity index (χ4n) is 5.56. The summed E-state index contributed by atoms with van der Waals surface area (Å²) in [4.78, 5) is 36.5. The number of rotatable bonds is 17. The summed E-state index contributed by atoms with van der Waals surface area (Å²) < 4.78 is 51.9. The molecule has 1 aliphatic heterocycles. The second-order valence-corrected chi connectivity index (χ2v) is 11.4. The van der Waals surface area contributed by atoms with Crippen molar-refractivity contribution in [2.75, 3.05) is 6.61 Å². The Morgan fingerprint density at radius 2 is 1.86 bits per heavy atom. The molecule has 5 atom stereocenters. The van der Waals surface area contributed by atoms with Gasteiger partial charge in [-0.2, -0.15) is 8.78 Å². The van der Waals surface area contributed by atoms with Gasteiger partial charge in [-0.1, -0.05) is 61.9 Å². The smallest absolute Gasteiger partial charge is 0.309 e. The molecule has 0 amide bonds. The molecule has 0 N–H and O–H groups in total. The fraction of sp³-hybridized carbons (Fsp3) is 0.618. The molecule has 43 heavy (non-hydrogen) atoms. The molecule has 0 aromatic heterocycles. The van der Waals surface area contributed by atoms with Crippen molar-refractivity contribution < 1.29 is 42.1 Å². The van der Waals surface area contributed by atoms with Crippen LogP contribution in [-0.4, -0.2) is 48.7 Å². The highest BCUT2D eigenvalue weighted by Crippen LogP contribution is 2.41. The maximum Gasteiger partial charge on any atom is 0.309 e. The van der Waals surface area contributed by atoms with Crippen LogP contribution in [-0.2, 0) is 39.9 Å². The van der Waals surface area contributed by atoms with E-state index < -0.39 is 48.5 Å². The van der Waals surface area contributed by atoms with Crippen molar-refractivity contribution >= 4 is 17.7 Å². The van der Waals surface area contributed by atoms with Gasteiger partial charge in [-0.05, 0) is 56.6 Å². The summed E-state index contributed by atoms with van der Waals surface area (Å²) in [5.41, 5.74) is 0.932. The molecule has 1 saturated heterocycles. The Morgan fingerprint density at radius 3 is 2.56 bits per heavy atom. The van der Waals surface area contributed by atoms with E-state index in [1.165, 1.54) is 13.0 Å². The lowest BCUT2D eigenvalue weighted by atomic mass is 9.89. The zero-order valence-electron chi connectivity index (χ0n) is 25.4. The van der Waals surface area contributed by atoms with Gasteiger partial charge in [-0.3, -0.25) is 14.4 Å². The van der Waals surface area contributed by atoms with Crippen molar-refractivity contribution in [3.63, 3.8) is 0 Å². The Labute approximate surface area is 254 Å². The first-order valence-corrected chi connectivity index (χ1v) is 15.6. The lowest BCUT2D eigenvalue weighted by Crippen LogP contribution is -2.31. The molecule has 3 rings (SSSR count). The minimum Gasteiger partial charge on any atom is -0.462 e. The molecule has 7 nitrogen and oxygen atoms in total. The number of ketones is 1. The van der Waals surface area contributed by atoms with E-state index in [2.05, 4.69) is 0 Å². The lowest BCUT2D eigenvalue weighted by molar-refractivity contribution is -0.193. The second kappa shape index (κ2) is 18.0. The summed E-state index contributed by atoms with van der Waals surface area (Å²) in [6, 6.07) is 9.49. The van der Waals surface area contributed by atoms with Crippen LogP contribution in [0.15, 0.2) is 54.6 Å². The van der Waals surface area contributed by atoms with E-state index in [0.717, 1.165) is 30.9 Å². The van der Waals surface area contributed by atoms with Gasteiger partial charge >= 0.3 is 17.9 Å². The van der Waals surface area contributed by atoms with Gasteiger partial charge in [-0.25, -0.2) is 0 Å². The van der Waals surface area contributed by atoms with Gasteiger partial charge in [0.25, 0.3) is 0 Å². The summed E-state index contributed by atoms with van der Waals surface area (Å²) in [7, 11) is 0. The number of alkyl halides is 2. The molecule has 0 radical (unpaired) electrons. The topological polar surface area (TPSA) is 88.1 Å². The number of carbonyl (C=O) groups is 3. The summed E-state index contributed by atoms with van der Waals surface area (Å²) in [5, 5.41) is 0. The van der Waals surface area contributed by atoms with Crippen LogP contribution in [0.25, 0.3) is 0 Å². The SMILES string of the molecule is CCCCC(F)(F)C(=O)/C=C/[C@@H]1[C@@H](C/C=C\CCCC(=O)OCc2ccccc2)[C@@H](OC(C)=O)C[C@H]1OC1CCCCO1. The van der Waals surface area contributed by atoms with Gasteiger partial charge in [0.1, 0.15) is 12.7 Å². The third-order valence-electron chi connectivity index (χ3n) is 7.89. The van der Waals surface area contributed by atoms with Crippen LogP contribution in [0.3, 0.4) is 0 Å². The van der Waals surface area contributed by atoms with E-state index in [1.807, 2.05) is 42.5 Å².